The van der Waals surface area contributed by atoms with Gasteiger partial charge in [0.05, 0.1) is 17.9 Å². The predicted octanol–water partition coefficient (Wildman–Crippen LogP) is 4.41. The third kappa shape index (κ3) is 5.87. The maximum absolute atomic E-state index is 13.2. The molecule has 0 aliphatic carbocycles. The first kappa shape index (κ1) is 22.8. The molecule has 31 heavy (non-hydrogen) atoms. The second-order valence-corrected chi connectivity index (χ2v) is 7.94. The third-order valence-electron chi connectivity index (χ3n) is 5.68. The number of hydrogen-bond acceptors (Lipinski definition) is 2. The summed E-state index contributed by atoms with van der Waals surface area (Å²) in [6.45, 7) is 2.94. The fraction of sp³-hybridized carbons (Fsp3) is 0.417. The zero-order valence-electron chi connectivity index (χ0n) is 17.5. The van der Waals surface area contributed by atoms with E-state index >= 15 is 0 Å². The summed E-state index contributed by atoms with van der Waals surface area (Å²) in [6.07, 6.45) is -2.52. The maximum Gasteiger partial charge on any atom is 0.416 e. The molecule has 0 bridgehead atoms. The van der Waals surface area contributed by atoms with Gasteiger partial charge in [0.15, 0.2) is 0 Å². The van der Waals surface area contributed by atoms with E-state index in [1.165, 1.54) is 6.07 Å². The van der Waals surface area contributed by atoms with Crippen LogP contribution < -0.4 is 5.32 Å². The highest BCUT2D eigenvalue weighted by atomic mass is 19.4. The highest BCUT2D eigenvalue weighted by Crippen LogP contribution is 2.36. The molecule has 1 saturated heterocycles. The van der Waals surface area contributed by atoms with Crippen LogP contribution >= 0.6 is 0 Å². The molecule has 1 heterocycles. The van der Waals surface area contributed by atoms with E-state index in [1.807, 2.05) is 37.3 Å². The fourth-order valence-electron chi connectivity index (χ4n) is 3.96. The van der Waals surface area contributed by atoms with E-state index in [4.69, 9.17) is 0 Å². The second-order valence-electron chi connectivity index (χ2n) is 7.94. The summed E-state index contributed by atoms with van der Waals surface area (Å²) >= 11 is 0. The number of rotatable bonds is 7. The van der Waals surface area contributed by atoms with Crippen molar-refractivity contribution in [2.75, 3.05) is 19.6 Å². The van der Waals surface area contributed by atoms with Crippen LogP contribution in [0.1, 0.15) is 42.4 Å². The Labute approximate surface area is 180 Å². The van der Waals surface area contributed by atoms with Crippen LogP contribution in [0.5, 0.6) is 0 Å². The molecule has 1 aliphatic heterocycles. The summed E-state index contributed by atoms with van der Waals surface area (Å²) in [7, 11) is 0. The molecule has 2 unspecified atom stereocenters. The zero-order valence-corrected chi connectivity index (χ0v) is 17.5. The van der Waals surface area contributed by atoms with E-state index in [2.05, 4.69) is 5.32 Å². The summed E-state index contributed by atoms with van der Waals surface area (Å²) in [6, 6.07) is 14.4. The first-order chi connectivity index (χ1) is 14.8. The molecule has 0 radical (unpaired) electrons. The van der Waals surface area contributed by atoms with Crippen molar-refractivity contribution in [3.63, 3.8) is 0 Å². The minimum Gasteiger partial charge on any atom is -0.356 e. The van der Waals surface area contributed by atoms with Crippen LogP contribution in [-0.2, 0) is 22.2 Å². The van der Waals surface area contributed by atoms with Crippen LogP contribution in [0.15, 0.2) is 54.6 Å². The number of likely N-dealkylation sites (tertiary alicyclic amines) is 1. The lowest BCUT2D eigenvalue weighted by Crippen LogP contribution is -2.36. The largest absolute Gasteiger partial charge is 0.416 e. The number of nitrogens with zero attached hydrogens (tertiary/aromatic N) is 1. The van der Waals surface area contributed by atoms with Crippen molar-refractivity contribution in [1.29, 1.82) is 0 Å². The quantitative estimate of drug-likeness (QED) is 0.659. The first-order valence-corrected chi connectivity index (χ1v) is 10.6. The molecule has 0 saturated carbocycles. The minimum absolute atomic E-state index is 0.132. The van der Waals surface area contributed by atoms with Crippen molar-refractivity contribution >= 4 is 11.8 Å². The topological polar surface area (TPSA) is 49.4 Å². The number of carbonyl (C=O) groups excluding carboxylic acids is 2. The van der Waals surface area contributed by atoms with E-state index in [0.29, 0.717) is 12.1 Å². The molecule has 1 aliphatic rings. The number of unbranched alkanes of at least 4 members (excludes halogenated alkanes) is 1. The van der Waals surface area contributed by atoms with Crippen LogP contribution in [0.25, 0.3) is 0 Å². The molecule has 4 nitrogen and oxygen atoms in total. The third-order valence-corrected chi connectivity index (χ3v) is 5.68. The molecule has 1 N–H and O–H groups in total. The molecule has 0 aromatic heterocycles. The first-order valence-electron chi connectivity index (χ1n) is 10.6. The average Bonchev–Trinajstić information content (AvgIpc) is 3.20. The lowest BCUT2D eigenvalue weighted by Gasteiger charge is -2.19. The summed E-state index contributed by atoms with van der Waals surface area (Å²) < 4.78 is 39.7. The Morgan fingerprint density at radius 1 is 1.06 bits per heavy atom. The summed E-state index contributed by atoms with van der Waals surface area (Å²) in [5.41, 5.74) is 0.545. The molecule has 1 fully saturated rings. The van der Waals surface area contributed by atoms with Crippen LogP contribution in [0.2, 0.25) is 0 Å². The van der Waals surface area contributed by atoms with Gasteiger partial charge in [0.2, 0.25) is 11.8 Å². The number of nitrogens with one attached hydrogen (secondary N) is 1. The Balaban J connectivity index is 1.82. The van der Waals surface area contributed by atoms with Gasteiger partial charge in [-0.15, -0.1) is 0 Å². The van der Waals surface area contributed by atoms with Crippen molar-refractivity contribution in [2.45, 2.75) is 38.3 Å². The number of amides is 2. The SMILES string of the molecule is CCCCNC(=O)C1CN(C(=O)Cc2ccccc2)CC1c1cccc(C(F)(F)F)c1. The van der Waals surface area contributed by atoms with Gasteiger partial charge in [-0.05, 0) is 23.6 Å². The second kappa shape index (κ2) is 9.98. The van der Waals surface area contributed by atoms with Crippen LogP contribution in [0.3, 0.4) is 0 Å². The van der Waals surface area contributed by atoms with E-state index < -0.39 is 23.6 Å². The van der Waals surface area contributed by atoms with Crippen LogP contribution in [0.4, 0.5) is 13.2 Å². The van der Waals surface area contributed by atoms with E-state index in [9.17, 15) is 22.8 Å². The zero-order chi connectivity index (χ0) is 22.4. The number of benzene rings is 2. The normalized spacial score (nSPS) is 18.8. The summed E-state index contributed by atoms with van der Waals surface area (Å²) in [5.74, 6) is -1.42. The molecule has 7 heteroatoms. The molecule has 2 amide bonds. The van der Waals surface area contributed by atoms with Gasteiger partial charge in [-0.2, -0.15) is 13.2 Å². The van der Waals surface area contributed by atoms with Crippen LogP contribution in [0, 0.1) is 5.92 Å². The molecule has 166 valence electrons. The molecule has 3 rings (SSSR count). The molecule has 0 spiro atoms. The standard InChI is InChI=1S/C24H27F3N2O2/c1-2-3-12-28-23(31)21-16-29(22(30)13-17-8-5-4-6-9-17)15-20(21)18-10-7-11-19(14-18)24(25,26)27/h4-11,14,20-21H,2-3,12-13,15-16H2,1H3,(H,28,31). The Morgan fingerprint density at radius 2 is 1.81 bits per heavy atom. The molecule has 2 atom stereocenters. The highest BCUT2D eigenvalue weighted by Gasteiger charge is 2.41. The minimum atomic E-state index is -4.46. The lowest BCUT2D eigenvalue weighted by atomic mass is 9.87. The highest BCUT2D eigenvalue weighted by molar-refractivity contribution is 5.84. The average molecular weight is 432 g/mol. The Bertz CT molecular complexity index is 899. The summed E-state index contributed by atoms with van der Waals surface area (Å²) in [4.78, 5) is 27.3. The van der Waals surface area contributed by atoms with E-state index in [0.717, 1.165) is 30.5 Å². The number of alkyl halides is 3. The van der Waals surface area contributed by atoms with E-state index in [-0.39, 0.29) is 31.3 Å². The molecule has 2 aromatic rings. The number of carbonyl (C=O) groups is 2. The van der Waals surface area contributed by atoms with Crippen molar-refractivity contribution in [2.24, 2.45) is 5.92 Å². The smallest absolute Gasteiger partial charge is 0.356 e. The van der Waals surface area contributed by atoms with Crippen LogP contribution in [-0.4, -0.2) is 36.3 Å². The van der Waals surface area contributed by atoms with Gasteiger partial charge < -0.3 is 10.2 Å². The van der Waals surface area contributed by atoms with Gasteiger partial charge in [0.25, 0.3) is 0 Å². The van der Waals surface area contributed by atoms with Crippen molar-refractivity contribution in [1.82, 2.24) is 10.2 Å². The van der Waals surface area contributed by atoms with Gasteiger partial charge in [-0.1, -0.05) is 61.9 Å². The Hall–Kier alpha value is -2.83. The van der Waals surface area contributed by atoms with Gasteiger partial charge in [-0.3, -0.25) is 9.59 Å². The lowest BCUT2D eigenvalue weighted by molar-refractivity contribution is -0.137. The molecular weight excluding hydrogens is 405 g/mol. The maximum atomic E-state index is 13.2. The molecule has 2 aromatic carbocycles. The Kier molecular flexibility index (Phi) is 7.36. The molecular formula is C24H27F3N2O2. The summed E-state index contributed by atoms with van der Waals surface area (Å²) in [5, 5.41) is 2.88. The van der Waals surface area contributed by atoms with Gasteiger partial charge in [-0.25, -0.2) is 0 Å². The fourth-order valence-corrected chi connectivity index (χ4v) is 3.96. The van der Waals surface area contributed by atoms with Crippen molar-refractivity contribution in [3.8, 4) is 0 Å². The van der Waals surface area contributed by atoms with Gasteiger partial charge in [0, 0.05) is 25.6 Å². The predicted molar refractivity (Wildman–Crippen MR) is 112 cm³/mol. The Morgan fingerprint density at radius 3 is 2.48 bits per heavy atom. The number of hydrogen-bond donors (Lipinski definition) is 1. The van der Waals surface area contributed by atoms with Gasteiger partial charge in [0.1, 0.15) is 0 Å². The number of halogens is 3. The van der Waals surface area contributed by atoms with Crippen molar-refractivity contribution in [3.05, 3.63) is 71.3 Å². The van der Waals surface area contributed by atoms with Crippen molar-refractivity contribution < 1.29 is 22.8 Å². The van der Waals surface area contributed by atoms with E-state index in [1.54, 1.807) is 11.0 Å². The van der Waals surface area contributed by atoms with Gasteiger partial charge >= 0.3 is 6.18 Å². The monoisotopic (exact) mass is 432 g/mol.